The van der Waals surface area contributed by atoms with Crippen LogP contribution in [-0.2, 0) is 13.5 Å². The topological polar surface area (TPSA) is 43.8 Å². The SMILES string of the molecule is Cn1ccc(CC2(F)CCC(N)C2)n1. The Bertz CT molecular complexity index is 323. The maximum Gasteiger partial charge on any atom is 0.118 e. The number of alkyl halides is 1. The number of halogens is 1. The van der Waals surface area contributed by atoms with Crippen LogP contribution in [0, 0.1) is 0 Å². The molecule has 1 fully saturated rings. The molecule has 0 aliphatic heterocycles. The number of aryl methyl sites for hydroxylation is 1. The molecule has 0 spiro atoms. The van der Waals surface area contributed by atoms with E-state index in [1.165, 1.54) is 0 Å². The van der Waals surface area contributed by atoms with Crippen molar-refractivity contribution in [2.75, 3.05) is 0 Å². The maximum atomic E-state index is 14.1. The Kier molecular flexibility index (Phi) is 2.31. The quantitative estimate of drug-likeness (QED) is 0.773. The number of hydrogen-bond acceptors (Lipinski definition) is 2. The van der Waals surface area contributed by atoms with Gasteiger partial charge in [0.05, 0.1) is 5.69 Å². The van der Waals surface area contributed by atoms with Crippen molar-refractivity contribution in [2.24, 2.45) is 12.8 Å². The van der Waals surface area contributed by atoms with E-state index >= 15 is 0 Å². The molecule has 2 N–H and O–H groups in total. The molecule has 14 heavy (non-hydrogen) atoms. The van der Waals surface area contributed by atoms with Crippen molar-refractivity contribution in [2.45, 2.75) is 37.4 Å². The van der Waals surface area contributed by atoms with Crippen molar-refractivity contribution in [1.82, 2.24) is 9.78 Å². The molecule has 0 amide bonds. The molecule has 0 radical (unpaired) electrons. The van der Waals surface area contributed by atoms with E-state index in [1.807, 2.05) is 19.3 Å². The predicted molar refractivity (Wildman–Crippen MR) is 52.6 cm³/mol. The molecule has 78 valence electrons. The second-order valence-corrected chi connectivity index (χ2v) is 4.31. The molecule has 1 saturated carbocycles. The van der Waals surface area contributed by atoms with Gasteiger partial charge in [0.15, 0.2) is 0 Å². The van der Waals surface area contributed by atoms with Crippen molar-refractivity contribution >= 4 is 0 Å². The first-order valence-corrected chi connectivity index (χ1v) is 5.00. The third-order valence-corrected chi connectivity index (χ3v) is 2.86. The zero-order chi connectivity index (χ0) is 10.2. The van der Waals surface area contributed by atoms with Crippen molar-refractivity contribution in [3.63, 3.8) is 0 Å². The van der Waals surface area contributed by atoms with Crippen LogP contribution in [0.5, 0.6) is 0 Å². The van der Waals surface area contributed by atoms with Gasteiger partial charge in [-0.1, -0.05) is 0 Å². The number of hydrogen-bond donors (Lipinski definition) is 1. The molecule has 2 rings (SSSR count). The van der Waals surface area contributed by atoms with E-state index in [9.17, 15) is 4.39 Å². The van der Waals surface area contributed by atoms with Crippen LogP contribution in [0.15, 0.2) is 12.3 Å². The van der Waals surface area contributed by atoms with E-state index in [1.54, 1.807) is 4.68 Å². The molecule has 1 aliphatic carbocycles. The number of nitrogens with zero attached hydrogens (tertiary/aromatic N) is 2. The van der Waals surface area contributed by atoms with Crippen molar-refractivity contribution in [1.29, 1.82) is 0 Å². The van der Waals surface area contributed by atoms with E-state index < -0.39 is 5.67 Å². The third kappa shape index (κ3) is 1.95. The molecule has 1 aromatic heterocycles. The standard InChI is InChI=1S/C10H16FN3/c1-14-5-3-9(13-14)7-10(11)4-2-8(12)6-10/h3,5,8H,2,4,6-7,12H2,1H3. The molecule has 0 bridgehead atoms. The Balaban J connectivity index is 2.03. The predicted octanol–water partition coefficient (Wildman–Crippen LogP) is 1.18. The summed E-state index contributed by atoms with van der Waals surface area (Å²) in [7, 11) is 1.84. The fraction of sp³-hybridized carbons (Fsp3) is 0.700. The lowest BCUT2D eigenvalue weighted by atomic mass is 9.98. The minimum Gasteiger partial charge on any atom is -0.328 e. The summed E-state index contributed by atoms with van der Waals surface area (Å²) in [6, 6.07) is 1.90. The average Bonchev–Trinajstić information content (AvgIpc) is 2.60. The normalized spacial score (nSPS) is 32.4. The summed E-state index contributed by atoms with van der Waals surface area (Å²) in [5.74, 6) is 0. The molecule has 2 unspecified atom stereocenters. The Hall–Kier alpha value is -0.900. The van der Waals surface area contributed by atoms with Crippen LogP contribution in [0.25, 0.3) is 0 Å². The molecular formula is C10H16FN3. The summed E-state index contributed by atoms with van der Waals surface area (Å²) in [5.41, 5.74) is 5.41. The van der Waals surface area contributed by atoms with Crippen LogP contribution in [0.2, 0.25) is 0 Å². The van der Waals surface area contributed by atoms with E-state index in [2.05, 4.69) is 5.10 Å². The monoisotopic (exact) mass is 197 g/mol. The lowest BCUT2D eigenvalue weighted by Gasteiger charge is -2.17. The van der Waals surface area contributed by atoms with Gasteiger partial charge in [0.25, 0.3) is 0 Å². The van der Waals surface area contributed by atoms with E-state index in [0.29, 0.717) is 19.3 Å². The maximum absolute atomic E-state index is 14.1. The summed E-state index contributed by atoms with van der Waals surface area (Å²) in [6.07, 6.45) is 4.09. The molecule has 4 heteroatoms. The minimum atomic E-state index is -1.12. The number of nitrogens with two attached hydrogens (primary N) is 1. The van der Waals surface area contributed by atoms with Crippen LogP contribution >= 0.6 is 0 Å². The summed E-state index contributed by atoms with van der Waals surface area (Å²) in [4.78, 5) is 0. The van der Waals surface area contributed by atoms with Gasteiger partial charge in [-0.15, -0.1) is 0 Å². The zero-order valence-electron chi connectivity index (χ0n) is 8.41. The first kappa shape index (κ1) is 9.65. The van der Waals surface area contributed by atoms with Gasteiger partial charge in [-0.25, -0.2) is 4.39 Å². The Labute approximate surface area is 83.1 Å². The van der Waals surface area contributed by atoms with Crippen LogP contribution < -0.4 is 5.73 Å². The molecule has 1 aliphatic rings. The Morgan fingerprint density at radius 1 is 1.79 bits per heavy atom. The molecule has 2 atom stereocenters. The molecule has 1 aromatic rings. The van der Waals surface area contributed by atoms with Gasteiger partial charge in [-0.05, 0) is 25.3 Å². The van der Waals surface area contributed by atoms with E-state index in [-0.39, 0.29) is 6.04 Å². The minimum absolute atomic E-state index is 0.0312. The molecule has 1 heterocycles. The van der Waals surface area contributed by atoms with E-state index in [4.69, 9.17) is 5.73 Å². The van der Waals surface area contributed by atoms with Crippen molar-refractivity contribution in [3.8, 4) is 0 Å². The summed E-state index contributed by atoms with van der Waals surface area (Å²) < 4.78 is 15.8. The van der Waals surface area contributed by atoms with Gasteiger partial charge in [0.2, 0.25) is 0 Å². The number of aromatic nitrogens is 2. The highest BCUT2D eigenvalue weighted by Gasteiger charge is 2.38. The van der Waals surface area contributed by atoms with Gasteiger partial charge in [-0.3, -0.25) is 4.68 Å². The lowest BCUT2D eigenvalue weighted by Crippen LogP contribution is -2.25. The highest BCUT2D eigenvalue weighted by molar-refractivity contribution is 5.06. The summed E-state index contributed by atoms with van der Waals surface area (Å²) in [5, 5.41) is 4.18. The first-order valence-electron chi connectivity index (χ1n) is 5.00. The second kappa shape index (κ2) is 3.35. The fourth-order valence-electron chi connectivity index (χ4n) is 2.16. The largest absolute Gasteiger partial charge is 0.328 e. The van der Waals surface area contributed by atoms with Gasteiger partial charge < -0.3 is 5.73 Å². The van der Waals surface area contributed by atoms with Gasteiger partial charge in [0.1, 0.15) is 5.67 Å². The third-order valence-electron chi connectivity index (χ3n) is 2.86. The van der Waals surface area contributed by atoms with Crippen molar-refractivity contribution in [3.05, 3.63) is 18.0 Å². The zero-order valence-corrected chi connectivity index (χ0v) is 8.41. The van der Waals surface area contributed by atoms with Crippen LogP contribution in [-0.4, -0.2) is 21.5 Å². The Morgan fingerprint density at radius 2 is 2.57 bits per heavy atom. The summed E-state index contributed by atoms with van der Waals surface area (Å²) >= 11 is 0. The van der Waals surface area contributed by atoms with Gasteiger partial charge in [-0.2, -0.15) is 5.10 Å². The summed E-state index contributed by atoms with van der Waals surface area (Å²) in [6.45, 7) is 0. The highest BCUT2D eigenvalue weighted by atomic mass is 19.1. The Morgan fingerprint density at radius 3 is 3.07 bits per heavy atom. The first-order chi connectivity index (χ1) is 6.57. The molecule has 3 nitrogen and oxygen atoms in total. The smallest absolute Gasteiger partial charge is 0.118 e. The molecule has 0 aromatic carbocycles. The van der Waals surface area contributed by atoms with E-state index in [0.717, 1.165) is 12.1 Å². The molecular weight excluding hydrogens is 181 g/mol. The number of rotatable bonds is 2. The second-order valence-electron chi connectivity index (χ2n) is 4.31. The van der Waals surface area contributed by atoms with Crippen LogP contribution in [0.1, 0.15) is 25.0 Å². The van der Waals surface area contributed by atoms with Crippen molar-refractivity contribution < 1.29 is 4.39 Å². The molecule has 0 saturated heterocycles. The fourth-order valence-corrected chi connectivity index (χ4v) is 2.16. The van der Waals surface area contributed by atoms with Gasteiger partial charge in [0, 0.05) is 25.7 Å². The lowest BCUT2D eigenvalue weighted by molar-refractivity contribution is 0.169. The highest BCUT2D eigenvalue weighted by Crippen LogP contribution is 2.35. The van der Waals surface area contributed by atoms with Crippen LogP contribution in [0.4, 0.5) is 4.39 Å². The van der Waals surface area contributed by atoms with Crippen LogP contribution in [0.3, 0.4) is 0 Å². The van der Waals surface area contributed by atoms with Gasteiger partial charge >= 0.3 is 0 Å². The average molecular weight is 197 g/mol.